The summed E-state index contributed by atoms with van der Waals surface area (Å²) in [4.78, 5) is 0. The van der Waals surface area contributed by atoms with Gasteiger partial charge >= 0.3 is 0 Å². The Kier molecular flexibility index (Phi) is 1.68. The molecule has 1 aliphatic rings. The van der Waals surface area contributed by atoms with Gasteiger partial charge < -0.3 is 0 Å². The molecule has 1 fully saturated rings. The Morgan fingerprint density at radius 3 is 1.60 bits per heavy atom. The van der Waals surface area contributed by atoms with Gasteiger partial charge in [0.25, 0.3) is 0 Å². The summed E-state index contributed by atoms with van der Waals surface area (Å²) in [7, 11) is 0. The minimum atomic E-state index is -0.417. The van der Waals surface area contributed by atoms with E-state index in [0.29, 0.717) is 0 Å². The lowest BCUT2D eigenvalue weighted by atomic mass is 10.9. The van der Waals surface area contributed by atoms with Crippen molar-refractivity contribution in [2.45, 2.75) is 19.0 Å². The van der Waals surface area contributed by atoms with Crippen LogP contribution in [0.25, 0.3) is 0 Å². The van der Waals surface area contributed by atoms with Crippen molar-refractivity contribution in [3.8, 4) is 0 Å². The third-order valence-electron chi connectivity index (χ3n) is 0.507. The molecule has 5 heavy (non-hydrogen) atoms. The summed E-state index contributed by atoms with van der Waals surface area (Å²) in [6, 6.07) is 0. The lowest BCUT2D eigenvalue weighted by Crippen LogP contribution is -1.49. The predicted molar refractivity (Wildman–Crippen MR) is 21.4 cm³/mol. The number of alkyl halides is 1. The van der Waals surface area contributed by atoms with Gasteiger partial charge in [-0.15, -0.1) is 12.4 Å². The Balaban J connectivity index is 0.000000160. The van der Waals surface area contributed by atoms with E-state index in [0.717, 1.165) is 12.8 Å². The van der Waals surface area contributed by atoms with E-state index in [1.54, 1.807) is 0 Å². The van der Waals surface area contributed by atoms with E-state index >= 15 is 0 Å². The first-order valence-corrected chi connectivity index (χ1v) is 1.53. The second-order valence-electron chi connectivity index (χ2n) is 1.17. The highest BCUT2D eigenvalue weighted by atomic mass is 35.5. The van der Waals surface area contributed by atoms with E-state index in [-0.39, 0.29) is 12.4 Å². The summed E-state index contributed by atoms with van der Waals surface area (Å²) in [6.07, 6.45) is 1.22. The van der Waals surface area contributed by atoms with Crippen molar-refractivity contribution in [3.05, 3.63) is 0 Å². The zero-order chi connectivity index (χ0) is 2.99. The molecule has 0 aromatic carbocycles. The predicted octanol–water partition coefficient (Wildman–Crippen LogP) is 1.54. The van der Waals surface area contributed by atoms with E-state index in [1.807, 2.05) is 0 Å². The first-order chi connectivity index (χ1) is 1.89. The molecule has 0 nitrogen and oxygen atoms in total. The van der Waals surface area contributed by atoms with E-state index in [4.69, 9.17) is 0 Å². The first kappa shape index (κ1) is 5.22. The molecule has 32 valence electrons. The average molecular weight is 96.5 g/mol. The maximum absolute atomic E-state index is 11.1. The molecule has 0 aliphatic heterocycles. The van der Waals surface area contributed by atoms with E-state index in [2.05, 4.69) is 0 Å². The molecule has 0 spiro atoms. The fraction of sp³-hybridized carbons (Fsp3) is 1.00. The van der Waals surface area contributed by atoms with Crippen LogP contribution in [-0.2, 0) is 0 Å². The Morgan fingerprint density at radius 2 is 1.60 bits per heavy atom. The molecule has 0 aromatic heterocycles. The Morgan fingerprint density at radius 1 is 1.40 bits per heavy atom. The highest BCUT2D eigenvalue weighted by molar-refractivity contribution is 5.85. The van der Waals surface area contributed by atoms with Crippen molar-refractivity contribution in [2.24, 2.45) is 0 Å². The second-order valence-corrected chi connectivity index (χ2v) is 1.17. The van der Waals surface area contributed by atoms with Gasteiger partial charge in [0.05, 0.1) is 0 Å². The SMILES string of the molecule is Cl.FC1CC1. The molecule has 2 heteroatoms. The molecule has 1 saturated carbocycles. The Hall–Kier alpha value is 0.220. The fourth-order valence-corrected chi connectivity index (χ4v) is 0.0630. The molecule has 0 atom stereocenters. The minimum absolute atomic E-state index is 0. The molecule has 0 unspecified atom stereocenters. The van der Waals surface area contributed by atoms with Crippen molar-refractivity contribution < 1.29 is 4.39 Å². The third-order valence-corrected chi connectivity index (χ3v) is 0.507. The molecular weight excluding hydrogens is 90.5 g/mol. The lowest BCUT2D eigenvalue weighted by molar-refractivity contribution is 0.480. The molecule has 0 amide bonds. The average Bonchev–Trinajstić information content (AvgIpc) is 1.75. The van der Waals surface area contributed by atoms with Crippen LogP contribution in [0.5, 0.6) is 0 Å². The molecule has 0 saturated heterocycles. The molecule has 0 heterocycles. The molecular formula is C3H6ClF. The molecule has 0 bridgehead atoms. The summed E-state index contributed by atoms with van der Waals surface area (Å²) in [6.45, 7) is 0. The number of rotatable bonds is 0. The van der Waals surface area contributed by atoms with Gasteiger partial charge in [-0.1, -0.05) is 0 Å². The van der Waals surface area contributed by atoms with Crippen molar-refractivity contribution in [1.82, 2.24) is 0 Å². The van der Waals surface area contributed by atoms with Crippen LogP contribution in [0.1, 0.15) is 12.8 Å². The van der Waals surface area contributed by atoms with Crippen LogP contribution in [0, 0.1) is 0 Å². The zero-order valence-electron chi connectivity index (χ0n) is 2.78. The van der Waals surface area contributed by atoms with Crippen LogP contribution in [-0.4, -0.2) is 6.17 Å². The number of halogens is 2. The van der Waals surface area contributed by atoms with Gasteiger partial charge in [0.1, 0.15) is 6.17 Å². The number of hydrogen-bond acceptors (Lipinski definition) is 0. The molecule has 1 aliphatic carbocycles. The summed E-state index contributed by atoms with van der Waals surface area (Å²) in [5, 5.41) is 0. The fourth-order valence-electron chi connectivity index (χ4n) is 0.0630. The van der Waals surface area contributed by atoms with Gasteiger partial charge in [0.15, 0.2) is 0 Å². The van der Waals surface area contributed by atoms with Crippen molar-refractivity contribution in [1.29, 1.82) is 0 Å². The van der Waals surface area contributed by atoms with Gasteiger partial charge in [-0.05, 0) is 12.8 Å². The maximum Gasteiger partial charge on any atom is 0.100 e. The van der Waals surface area contributed by atoms with Gasteiger partial charge in [-0.25, -0.2) is 4.39 Å². The summed E-state index contributed by atoms with van der Waals surface area (Å²) in [5.41, 5.74) is 0. The van der Waals surface area contributed by atoms with Gasteiger partial charge in [-0.3, -0.25) is 0 Å². The topological polar surface area (TPSA) is 0 Å². The summed E-state index contributed by atoms with van der Waals surface area (Å²) >= 11 is 0. The van der Waals surface area contributed by atoms with Gasteiger partial charge in [0.2, 0.25) is 0 Å². The Labute approximate surface area is 36.8 Å². The first-order valence-electron chi connectivity index (χ1n) is 1.53. The van der Waals surface area contributed by atoms with Gasteiger partial charge in [0, 0.05) is 0 Å². The smallest absolute Gasteiger partial charge is 0.100 e. The van der Waals surface area contributed by atoms with Crippen molar-refractivity contribution in [3.63, 3.8) is 0 Å². The van der Waals surface area contributed by atoms with E-state index in [1.165, 1.54) is 0 Å². The standard InChI is InChI=1S/C3H5F.ClH/c4-3-1-2-3;/h3H,1-2H2;1H. The van der Waals surface area contributed by atoms with Crippen LogP contribution in [0.4, 0.5) is 4.39 Å². The third kappa shape index (κ3) is 2.01. The monoisotopic (exact) mass is 96.0 g/mol. The number of hydrogen-bond donors (Lipinski definition) is 0. The molecule has 0 aromatic rings. The highest BCUT2D eigenvalue weighted by Crippen LogP contribution is 2.22. The minimum Gasteiger partial charge on any atom is -0.247 e. The van der Waals surface area contributed by atoms with E-state index in [9.17, 15) is 4.39 Å². The lowest BCUT2D eigenvalue weighted by Gasteiger charge is -1.50. The normalized spacial score (nSPS) is 21.0. The van der Waals surface area contributed by atoms with Crippen molar-refractivity contribution in [2.75, 3.05) is 0 Å². The van der Waals surface area contributed by atoms with Crippen LogP contribution in [0.3, 0.4) is 0 Å². The highest BCUT2D eigenvalue weighted by Gasteiger charge is 2.18. The van der Waals surface area contributed by atoms with Crippen molar-refractivity contribution >= 4 is 12.4 Å². The molecule has 0 N–H and O–H groups in total. The van der Waals surface area contributed by atoms with Crippen LogP contribution in [0.2, 0.25) is 0 Å². The summed E-state index contributed by atoms with van der Waals surface area (Å²) < 4.78 is 11.1. The van der Waals surface area contributed by atoms with E-state index < -0.39 is 6.17 Å². The summed E-state index contributed by atoms with van der Waals surface area (Å²) in [5.74, 6) is 0. The molecule has 1 rings (SSSR count). The second kappa shape index (κ2) is 1.61. The maximum atomic E-state index is 11.1. The quantitative estimate of drug-likeness (QED) is 0.429. The Bertz CT molecular complexity index is 26.1. The van der Waals surface area contributed by atoms with Gasteiger partial charge in [-0.2, -0.15) is 0 Å². The van der Waals surface area contributed by atoms with Crippen LogP contribution >= 0.6 is 12.4 Å². The van der Waals surface area contributed by atoms with Crippen LogP contribution < -0.4 is 0 Å². The molecule has 0 radical (unpaired) electrons. The zero-order valence-corrected chi connectivity index (χ0v) is 3.59. The largest absolute Gasteiger partial charge is 0.247 e. The van der Waals surface area contributed by atoms with Crippen LogP contribution in [0.15, 0.2) is 0 Å².